The first kappa shape index (κ1) is 20.5. The van der Waals surface area contributed by atoms with Crippen molar-refractivity contribution in [2.45, 2.75) is 20.1 Å². The Labute approximate surface area is 168 Å². The largest absolute Gasteiger partial charge is 0.435 e. The summed E-state index contributed by atoms with van der Waals surface area (Å²) in [7, 11) is 1.48. The molecular formula is C18H16ClF2N5O3. The number of hydrogen-bond acceptors (Lipinski definition) is 6. The van der Waals surface area contributed by atoms with Crippen molar-refractivity contribution in [3.63, 3.8) is 0 Å². The summed E-state index contributed by atoms with van der Waals surface area (Å²) in [5.74, 6) is 0.0162. The minimum Gasteiger partial charge on any atom is -0.435 e. The third kappa shape index (κ3) is 4.77. The van der Waals surface area contributed by atoms with Gasteiger partial charge in [0.1, 0.15) is 12.4 Å². The average Bonchev–Trinajstić information content (AvgIpc) is 3.01. The van der Waals surface area contributed by atoms with Gasteiger partial charge in [0.2, 0.25) is 0 Å². The number of ether oxygens (including phenoxy) is 1. The number of hydrogen-bond donors (Lipinski definition) is 0. The number of halogens is 3. The lowest BCUT2D eigenvalue weighted by Crippen LogP contribution is -2.23. The Kier molecular flexibility index (Phi) is 6.23. The normalized spacial score (nSPS) is 11.7. The summed E-state index contributed by atoms with van der Waals surface area (Å²) >= 11 is 6.25. The van der Waals surface area contributed by atoms with Crippen molar-refractivity contribution in [3.8, 4) is 11.4 Å². The van der Waals surface area contributed by atoms with Crippen LogP contribution in [0.2, 0.25) is 5.02 Å². The molecule has 0 aliphatic carbocycles. The number of alkyl halides is 2. The monoisotopic (exact) mass is 423 g/mol. The molecule has 0 radical (unpaired) electrons. The van der Waals surface area contributed by atoms with Gasteiger partial charge in [0.15, 0.2) is 0 Å². The zero-order valence-corrected chi connectivity index (χ0v) is 16.2. The predicted octanol–water partition coefficient (Wildman–Crippen LogP) is 3.16. The summed E-state index contributed by atoms with van der Waals surface area (Å²) in [6, 6.07) is 11.1. The van der Waals surface area contributed by atoms with Crippen LogP contribution >= 0.6 is 11.6 Å². The van der Waals surface area contributed by atoms with E-state index in [0.29, 0.717) is 27.5 Å². The van der Waals surface area contributed by atoms with Crippen LogP contribution in [-0.4, -0.2) is 32.1 Å². The molecule has 29 heavy (non-hydrogen) atoms. The number of aromatic nitrogens is 4. The summed E-state index contributed by atoms with van der Waals surface area (Å²) in [6.07, 6.45) is 0. The highest BCUT2D eigenvalue weighted by molar-refractivity contribution is 6.31. The van der Waals surface area contributed by atoms with Crippen LogP contribution in [-0.2, 0) is 18.5 Å². The first-order valence-corrected chi connectivity index (χ1v) is 8.73. The van der Waals surface area contributed by atoms with Crippen LogP contribution in [0, 0.1) is 0 Å². The molecule has 0 spiro atoms. The van der Waals surface area contributed by atoms with Gasteiger partial charge in [0, 0.05) is 23.2 Å². The Morgan fingerprint density at radius 2 is 2.00 bits per heavy atom. The molecule has 11 heteroatoms. The van der Waals surface area contributed by atoms with E-state index in [0.717, 1.165) is 9.36 Å². The first-order valence-electron chi connectivity index (χ1n) is 8.35. The van der Waals surface area contributed by atoms with Gasteiger partial charge in [-0.1, -0.05) is 35.0 Å². The second-order valence-corrected chi connectivity index (χ2v) is 6.30. The smallest absolute Gasteiger partial charge is 0.387 e. The van der Waals surface area contributed by atoms with Gasteiger partial charge in [-0.15, -0.1) is 0 Å². The van der Waals surface area contributed by atoms with E-state index < -0.39 is 12.3 Å². The van der Waals surface area contributed by atoms with E-state index in [1.54, 1.807) is 37.3 Å². The van der Waals surface area contributed by atoms with Gasteiger partial charge in [0.25, 0.3) is 0 Å². The number of tetrazole rings is 1. The summed E-state index contributed by atoms with van der Waals surface area (Å²) in [5.41, 5.74) is 1.45. The van der Waals surface area contributed by atoms with Gasteiger partial charge in [-0.25, -0.2) is 4.79 Å². The van der Waals surface area contributed by atoms with Gasteiger partial charge in [0.05, 0.1) is 11.4 Å². The van der Waals surface area contributed by atoms with E-state index in [2.05, 4.69) is 20.3 Å². The van der Waals surface area contributed by atoms with Crippen LogP contribution in [0.5, 0.6) is 5.75 Å². The number of aryl methyl sites for hydroxylation is 1. The molecule has 0 unspecified atom stereocenters. The lowest BCUT2D eigenvalue weighted by molar-refractivity contribution is -0.0498. The molecule has 0 aliphatic rings. The van der Waals surface area contributed by atoms with Crippen LogP contribution in [0.15, 0.2) is 52.4 Å². The molecule has 0 saturated heterocycles. The van der Waals surface area contributed by atoms with Gasteiger partial charge in [-0.05, 0) is 41.6 Å². The lowest BCUT2D eigenvalue weighted by Gasteiger charge is -2.10. The van der Waals surface area contributed by atoms with Crippen molar-refractivity contribution in [1.29, 1.82) is 0 Å². The molecule has 3 rings (SSSR count). The van der Waals surface area contributed by atoms with E-state index >= 15 is 0 Å². The predicted molar refractivity (Wildman–Crippen MR) is 102 cm³/mol. The van der Waals surface area contributed by atoms with E-state index in [1.807, 2.05) is 0 Å². The number of nitrogens with zero attached hydrogens (tertiary/aromatic N) is 5. The van der Waals surface area contributed by atoms with Crippen LogP contribution in [0.25, 0.3) is 5.69 Å². The summed E-state index contributed by atoms with van der Waals surface area (Å²) in [6.45, 7) is -1.31. The highest BCUT2D eigenvalue weighted by atomic mass is 35.5. The van der Waals surface area contributed by atoms with Crippen molar-refractivity contribution in [2.24, 2.45) is 12.2 Å². The molecule has 152 valence electrons. The van der Waals surface area contributed by atoms with E-state index in [4.69, 9.17) is 16.4 Å². The fourth-order valence-electron chi connectivity index (χ4n) is 2.50. The van der Waals surface area contributed by atoms with E-state index in [9.17, 15) is 13.6 Å². The highest BCUT2D eigenvalue weighted by Crippen LogP contribution is 2.23. The average molecular weight is 424 g/mol. The van der Waals surface area contributed by atoms with Crippen molar-refractivity contribution in [1.82, 2.24) is 19.8 Å². The third-order valence-electron chi connectivity index (χ3n) is 3.93. The summed E-state index contributed by atoms with van der Waals surface area (Å²) in [5, 5.41) is 11.8. The molecule has 8 nitrogen and oxygen atoms in total. The zero-order chi connectivity index (χ0) is 21.0. The van der Waals surface area contributed by atoms with Crippen LogP contribution in [0.4, 0.5) is 8.78 Å². The standard InChI is InChI=1S/C18H16ClF2N5O3/c1-11(12-5-3-6-13(9-12)29-17(20)21)22-28-10-14-15(19)7-4-8-16(14)26-18(27)25(2)23-24-26/h3-9,17H,10H2,1-2H3. The molecule has 0 amide bonds. The maximum absolute atomic E-state index is 12.4. The maximum Gasteiger partial charge on any atom is 0.387 e. The van der Waals surface area contributed by atoms with Crippen LogP contribution < -0.4 is 10.4 Å². The fourth-order valence-corrected chi connectivity index (χ4v) is 2.72. The van der Waals surface area contributed by atoms with Gasteiger partial charge in [-0.2, -0.15) is 18.1 Å². The number of oxime groups is 1. The molecule has 0 fully saturated rings. The second kappa shape index (κ2) is 8.82. The minimum atomic E-state index is -2.91. The Bertz CT molecular complexity index is 1100. The topological polar surface area (TPSA) is 83.5 Å². The van der Waals surface area contributed by atoms with Crippen molar-refractivity contribution >= 4 is 17.3 Å². The summed E-state index contributed by atoms with van der Waals surface area (Å²) < 4.78 is 31.3. The Morgan fingerprint density at radius 3 is 2.69 bits per heavy atom. The molecule has 1 heterocycles. The number of rotatable bonds is 7. The zero-order valence-electron chi connectivity index (χ0n) is 15.4. The first-order chi connectivity index (χ1) is 13.9. The summed E-state index contributed by atoms with van der Waals surface area (Å²) in [4.78, 5) is 17.5. The second-order valence-electron chi connectivity index (χ2n) is 5.89. The lowest BCUT2D eigenvalue weighted by atomic mass is 10.1. The molecule has 0 N–H and O–H groups in total. The van der Waals surface area contributed by atoms with Crippen molar-refractivity contribution in [3.05, 3.63) is 69.1 Å². The van der Waals surface area contributed by atoms with Crippen LogP contribution in [0.1, 0.15) is 18.1 Å². The van der Waals surface area contributed by atoms with Gasteiger partial charge < -0.3 is 9.57 Å². The molecule has 0 aliphatic heterocycles. The van der Waals surface area contributed by atoms with Crippen LogP contribution in [0.3, 0.4) is 0 Å². The van der Waals surface area contributed by atoms with E-state index in [-0.39, 0.29) is 12.4 Å². The molecule has 1 aromatic heterocycles. The Hall–Kier alpha value is -3.27. The maximum atomic E-state index is 12.4. The third-order valence-corrected chi connectivity index (χ3v) is 4.29. The van der Waals surface area contributed by atoms with Gasteiger partial charge >= 0.3 is 12.3 Å². The molecule has 2 aromatic carbocycles. The molecule has 0 atom stereocenters. The van der Waals surface area contributed by atoms with Crippen molar-refractivity contribution < 1.29 is 18.4 Å². The Balaban J connectivity index is 1.80. The van der Waals surface area contributed by atoms with Crippen molar-refractivity contribution in [2.75, 3.05) is 0 Å². The fraction of sp³-hybridized carbons (Fsp3) is 0.222. The molecule has 0 saturated carbocycles. The molecule has 0 bridgehead atoms. The Morgan fingerprint density at radius 1 is 1.24 bits per heavy atom. The quantitative estimate of drug-likeness (QED) is 0.430. The van der Waals surface area contributed by atoms with Gasteiger partial charge in [-0.3, -0.25) is 0 Å². The van der Waals surface area contributed by atoms with E-state index in [1.165, 1.54) is 19.2 Å². The minimum absolute atomic E-state index is 0.0162. The number of benzene rings is 2. The molecular weight excluding hydrogens is 408 g/mol. The SMILES string of the molecule is CC(=NOCc1c(Cl)cccc1-n1nnn(C)c1=O)c1cccc(OC(F)F)c1. The molecule has 3 aromatic rings. The highest BCUT2D eigenvalue weighted by Gasteiger charge is 2.14.